The fourth-order valence-corrected chi connectivity index (χ4v) is 5.75. The van der Waals surface area contributed by atoms with Gasteiger partial charge in [0.1, 0.15) is 6.54 Å². The van der Waals surface area contributed by atoms with Gasteiger partial charge < -0.3 is 14.5 Å². The number of piperazine rings is 1. The number of benzene rings is 2. The Morgan fingerprint density at radius 2 is 1.62 bits per heavy atom. The number of ether oxygens (including phenoxy) is 1. The van der Waals surface area contributed by atoms with Crippen LogP contribution in [0.25, 0.3) is 10.8 Å². The molecule has 0 N–H and O–H groups in total. The van der Waals surface area contributed by atoms with Crippen molar-refractivity contribution < 1.29 is 27.5 Å². The van der Waals surface area contributed by atoms with E-state index >= 15 is 0 Å². The van der Waals surface area contributed by atoms with E-state index in [-0.39, 0.29) is 49.4 Å². The molecule has 0 aliphatic carbocycles. The molecule has 2 heterocycles. The lowest BCUT2D eigenvalue weighted by atomic mass is 10.1. The van der Waals surface area contributed by atoms with Gasteiger partial charge in [-0.25, -0.2) is 8.42 Å². The number of esters is 1. The van der Waals surface area contributed by atoms with E-state index in [4.69, 9.17) is 4.74 Å². The first kappa shape index (κ1) is 24.2. The van der Waals surface area contributed by atoms with Crippen LogP contribution in [0.1, 0.15) is 25.7 Å². The van der Waals surface area contributed by atoms with Crippen molar-refractivity contribution in [2.24, 2.45) is 0 Å². The number of carbonyl (C=O) groups is 3. The van der Waals surface area contributed by atoms with E-state index in [1.54, 1.807) is 18.2 Å². The summed E-state index contributed by atoms with van der Waals surface area (Å²) in [5, 5.41) is 1.81. The summed E-state index contributed by atoms with van der Waals surface area (Å²) in [6.07, 6.45) is 3.06. The Hall–Kier alpha value is -2.98. The maximum Gasteiger partial charge on any atom is 0.326 e. The highest BCUT2D eigenvalue weighted by Crippen LogP contribution is 2.23. The van der Waals surface area contributed by atoms with Crippen LogP contribution in [0.2, 0.25) is 0 Å². The standard InChI is InChI=1S/C24H29N3O6S/c28-22-8-2-1-5-11-26(22)17-24(30)33-18-23(29)25-12-14-27(15-13-25)34(31,32)21-10-9-19-6-3-4-7-20(19)16-21/h3-4,6-7,9-10,16H,1-2,5,8,11-15,17-18H2. The van der Waals surface area contributed by atoms with E-state index in [9.17, 15) is 22.8 Å². The Balaban J connectivity index is 1.27. The smallest absolute Gasteiger partial charge is 0.326 e. The van der Waals surface area contributed by atoms with Crippen molar-refractivity contribution in [1.82, 2.24) is 14.1 Å². The molecule has 10 heteroatoms. The molecular weight excluding hydrogens is 458 g/mol. The van der Waals surface area contributed by atoms with Gasteiger partial charge in [0.2, 0.25) is 15.9 Å². The number of amides is 2. The third-order valence-electron chi connectivity index (χ3n) is 6.30. The molecule has 0 radical (unpaired) electrons. The lowest BCUT2D eigenvalue weighted by Gasteiger charge is -2.34. The zero-order chi connectivity index (χ0) is 24.1. The highest BCUT2D eigenvalue weighted by Gasteiger charge is 2.30. The van der Waals surface area contributed by atoms with Crippen LogP contribution in [-0.4, -0.2) is 86.2 Å². The van der Waals surface area contributed by atoms with Gasteiger partial charge in [-0.05, 0) is 35.7 Å². The first-order valence-electron chi connectivity index (χ1n) is 11.5. The summed E-state index contributed by atoms with van der Waals surface area (Å²) in [5.41, 5.74) is 0. The van der Waals surface area contributed by atoms with Crippen LogP contribution in [-0.2, 0) is 29.1 Å². The van der Waals surface area contributed by atoms with Gasteiger partial charge in [0.25, 0.3) is 5.91 Å². The third-order valence-corrected chi connectivity index (χ3v) is 8.19. The van der Waals surface area contributed by atoms with Gasteiger partial charge in [-0.15, -0.1) is 0 Å². The third kappa shape index (κ3) is 5.56. The predicted molar refractivity (Wildman–Crippen MR) is 125 cm³/mol. The Morgan fingerprint density at radius 1 is 0.882 bits per heavy atom. The minimum absolute atomic E-state index is 0.0653. The van der Waals surface area contributed by atoms with Gasteiger partial charge in [0, 0.05) is 39.1 Å². The van der Waals surface area contributed by atoms with Gasteiger partial charge in [0.05, 0.1) is 4.90 Å². The highest BCUT2D eigenvalue weighted by molar-refractivity contribution is 7.89. The molecule has 0 bridgehead atoms. The number of hydrogen-bond acceptors (Lipinski definition) is 6. The molecular formula is C24H29N3O6S. The number of nitrogens with zero attached hydrogens (tertiary/aromatic N) is 3. The number of rotatable bonds is 6. The molecule has 0 atom stereocenters. The van der Waals surface area contributed by atoms with Crippen LogP contribution in [0.5, 0.6) is 0 Å². The van der Waals surface area contributed by atoms with Crippen LogP contribution < -0.4 is 0 Å². The van der Waals surface area contributed by atoms with Gasteiger partial charge in [-0.2, -0.15) is 4.31 Å². The first-order valence-corrected chi connectivity index (χ1v) is 13.0. The van der Waals surface area contributed by atoms with Gasteiger partial charge >= 0.3 is 5.97 Å². The molecule has 4 rings (SSSR count). The predicted octanol–water partition coefficient (Wildman–Crippen LogP) is 1.62. The lowest BCUT2D eigenvalue weighted by Crippen LogP contribution is -2.51. The monoisotopic (exact) mass is 487 g/mol. The first-order chi connectivity index (χ1) is 16.3. The van der Waals surface area contributed by atoms with Crippen LogP contribution in [0.3, 0.4) is 0 Å². The summed E-state index contributed by atoms with van der Waals surface area (Å²) in [6.45, 7) is 0.716. The molecule has 2 amide bonds. The lowest BCUT2D eigenvalue weighted by molar-refractivity contribution is -0.155. The largest absolute Gasteiger partial charge is 0.454 e. The molecule has 0 aromatic heterocycles. The molecule has 0 spiro atoms. The molecule has 0 unspecified atom stereocenters. The molecule has 2 aliphatic rings. The van der Waals surface area contributed by atoms with Crippen LogP contribution >= 0.6 is 0 Å². The maximum absolute atomic E-state index is 13.1. The Labute approximate surface area is 199 Å². The minimum atomic E-state index is -3.68. The van der Waals surface area contributed by atoms with Crippen molar-refractivity contribution in [2.75, 3.05) is 45.9 Å². The van der Waals surface area contributed by atoms with E-state index < -0.39 is 22.6 Å². The molecule has 182 valence electrons. The SMILES string of the molecule is O=C(CN1CCCCCC1=O)OCC(=O)N1CCN(S(=O)(=O)c2ccc3ccccc3c2)CC1. The molecule has 9 nitrogen and oxygen atoms in total. The van der Waals surface area contributed by atoms with E-state index in [0.29, 0.717) is 13.0 Å². The Kier molecular flexibility index (Phi) is 7.47. The Morgan fingerprint density at radius 3 is 2.38 bits per heavy atom. The van der Waals surface area contributed by atoms with Gasteiger partial charge in [-0.3, -0.25) is 14.4 Å². The van der Waals surface area contributed by atoms with Crippen molar-refractivity contribution in [3.63, 3.8) is 0 Å². The summed E-state index contributed by atoms with van der Waals surface area (Å²) in [6, 6.07) is 12.6. The summed E-state index contributed by atoms with van der Waals surface area (Å²) < 4.78 is 32.6. The van der Waals surface area contributed by atoms with E-state index in [1.807, 2.05) is 24.3 Å². The fourth-order valence-electron chi connectivity index (χ4n) is 4.30. The quantitative estimate of drug-likeness (QED) is 0.574. The fraction of sp³-hybridized carbons (Fsp3) is 0.458. The molecule has 2 saturated heterocycles. The maximum atomic E-state index is 13.1. The molecule has 2 fully saturated rings. The highest BCUT2D eigenvalue weighted by atomic mass is 32.2. The van der Waals surface area contributed by atoms with Gasteiger partial charge in [0.15, 0.2) is 6.61 Å². The molecule has 0 saturated carbocycles. The van der Waals surface area contributed by atoms with Crippen molar-refractivity contribution in [3.05, 3.63) is 42.5 Å². The van der Waals surface area contributed by atoms with E-state index in [1.165, 1.54) is 14.1 Å². The van der Waals surface area contributed by atoms with E-state index in [0.717, 1.165) is 30.0 Å². The zero-order valence-corrected chi connectivity index (χ0v) is 19.8. The second kappa shape index (κ2) is 10.5. The van der Waals surface area contributed by atoms with Crippen molar-refractivity contribution >= 4 is 38.6 Å². The second-order valence-corrected chi connectivity index (χ2v) is 10.5. The second-order valence-electron chi connectivity index (χ2n) is 8.58. The van der Waals surface area contributed by atoms with Crippen LogP contribution in [0, 0.1) is 0 Å². The minimum Gasteiger partial charge on any atom is -0.454 e. The summed E-state index contributed by atoms with van der Waals surface area (Å²) in [7, 11) is -3.68. The van der Waals surface area contributed by atoms with Crippen molar-refractivity contribution in [1.29, 1.82) is 0 Å². The van der Waals surface area contributed by atoms with Crippen LogP contribution in [0.15, 0.2) is 47.4 Å². The average Bonchev–Trinajstić information content (AvgIpc) is 3.06. The Bertz CT molecular complexity index is 1170. The summed E-state index contributed by atoms with van der Waals surface area (Å²) in [4.78, 5) is 39.8. The van der Waals surface area contributed by atoms with Crippen LogP contribution in [0.4, 0.5) is 0 Å². The molecule has 2 aliphatic heterocycles. The van der Waals surface area contributed by atoms with Crippen molar-refractivity contribution in [2.45, 2.75) is 30.6 Å². The topological polar surface area (TPSA) is 104 Å². The summed E-state index contributed by atoms with van der Waals surface area (Å²) in [5.74, 6) is -1.05. The number of sulfonamides is 1. The molecule has 2 aromatic carbocycles. The zero-order valence-electron chi connectivity index (χ0n) is 19.0. The number of fused-ring (bicyclic) bond motifs is 1. The van der Waals surface area contributed by atoms with Gasteiger partial charge in [-0.1, -0.05) is 36.8 Å². The van der Waals surface area contributed by atoms with E-state index in [2.05, 4.69) is 0 Å². The number of hydrogen-bond donors (Lipinski definition) is 0. The number of carbonyl (C=O) groups excluding carboxylic acids is 3. The number of likely N-dealkylation sites (tertiary alicyclic amines) is 1. The summed E-state index contributed by atoms with van der Waals surface area (Å²) >= 11 is 0. The average molecular weight is 488 g/mol. The normalized spacial score (nSPS) is 18.1. The molecule has 2 aromatic rings. The molecule has 34 heavy (non-hydrogen) atoms. The van der Waals surface area contributed by atoms with Crippen molar-refractivity contribution in [3.8, 4) is 0 Å².